The van der Waals surface area contributed by atoms with Gasteiger partial charge in [0.1, 0.15) is 19.0 Å². The molecule has 0 spiro atoms. The first-order valence-corrected chi connectivity index (χ1v) is 6.14. The lowest BCUT2D eigenvalue weighted by molar-refractivity contribution is 0.672. The number of furan rings is 1. The molecule has 4 rings (SSSR count). The van der Waals surface area contributed by atoms with Crippen LogP contribution < -0.4 is 5.46 Å². The van der Waals surface area contributed by atoms with Gasteiger partial charge in [-0.15, -0.1) is 0 Å². The Bertz CT molecular complexity index is 889. The van der Waals surface area contributed by atoms with Crippen molar-refractivity contribution in [3.8, 4) is 0 Å². The molecule has 0 fully saturated rings. The number of rotatable bonds is 0. The summed E-state index contributed by atoms with van der Waals surface area (Å²) < 4.78 is 5.99. The average molecular weight is 230 g/mol. The summed E-state index contributed by atoms with van der Waals surface area (Å²) in [6, 6.07) is 19.0. The highest BCUT2D eigenvalue weighted by Gasteiger charge is 2.10. The topological polar surface area (TPSA) is 13.1 Å². The van der Waals surface area contributed by atoms with Crippen molar-refractivity contribution in [3.63, 3.8) is 0 Å². The van der Waals surface area contributed by atoms with Gasteiger partial charge in [-0.3, -0.25) is 0 Å². The molecule has 0 amide bonds. The summed E-state index contributed by atoms with van der Waals surface area (Å²) in [6.45, 7) is 0. The van der Waals surface area contributed by atoms with Gasteiger partial charge < -0.3 is 4.42 Å². The molecule has 1 aromatic heterocycles. The number of para-hydroxylation sites is 1. The maximum absolute atomic E-state index is 5.99. The van der Waals surface area contributed by atoms with Crippen LogP contribution in [0.2, 0.25) is 0 Å². The second-order valence-electron chi connectivity index (χ2n) is 4.71. The van der Waals surface area contributed by atoms with Crippen LogP contribution in [0.25, 0.3) is 32.7 Å². The van der Waals surface area contributed by atoms with E-state index < -0.39 is 0 Å². The first kappa shape index (κ1) is 9.78. The normalized spacial score (nSPS) is 11.6. The van der Waals surface area contributed by atoms with Gasteiger partial charge in [0.05, 0.1) is 0 Å². The Hall–Kier alpha value is -2.22. The molecule has 0 saturated carbocycles. The Morgan fingerprint density at radius 2 is 1.61 bits per heavy atom. The lowest BCUT2D eigenvalue weighted by atomic mass is 9.93. The summed E-state index contributed by atoms with van der Waals surface area (Å²) in [4.78, 5) is 0. The second-order valence-corrected chi connectivity index (χ2v) is 4.71. The van der Waals surface area contributed by atoms with Crippen LogP contribution in [0.4, 0.5) is 0 Å². The molecule has 0 aliphatic rings. The van der Waals surface area contributed by atoms with Crippen molar-refractivity contribution in [2.24, 2.45) is 0 Å². The number of hydrogen-bond acceptors (Lipinski definition) is 1. The molecule has 0 N–H and O–H groups in total. The molecule has 0 atom stereocenters. The molecular formula is C16H11BO. The Kier molecular flexibility index (Phi) is 1.84. The van der Waals surface area contributed by atoms with Gasteiger partial charge in [0.2, 0.25) is 0 Å². The third kappa shape index (κ3) is 1.18. The molecule has 2 heteroatoms. The maximum atomic E-state index is 5.99. The number of hydrogen-bond donors (Lipinski definition) is 0. The van der Waals surface area contributed by atoms with Gasteiger partial charge in [0.25, 0.3) is 0 Å². The van der Waals surface area contributed by atoms with Gasteiger partial charge in [0, 0.05) is 10.8 Å². The SMILES string of the molecule is Bc1cccc2c1oc1ccc3ccccc3c12. The molecule has 0 aliphatic heterocycles. The highest BCUT2D eigenvalue weighted by atomic mass is 16.3. The standard InChI is InChI=1S/C16H11BO/c17-13-7-3-6-12-15-11-5-2-1-4-10(11)8-9-14(15)18-16(12)13/h1-9H,17H2. The van der Waals surface area contributed by atoms with Gasteiger partial charge in [-0.25, -0.2) is 0 Å². The Morgan fingerprint density at radius 3 is 2.56 bits per heavy atom. The second kappa shape index (κ2) is 3.39. The summed E-state index contributed by atoms with van der Waals surface area (Å²) >= 11 is 0. The molecule has 3 aromatic carbocycles. The predicted molar refractivity (Wildman–Crippen MR) is 79.4 cm³/mol. The van der Waals surface area contributed by atoms with E-state index in [2.05, 4.69) is 62.4 Å². The van der Waals surface area contributed by atoms with E-state index in [9.17, 15) is 0 Å². The fourth-order valence-electron chi connectivity index (χ4n) is 2.71. The molecule has 1 heterocycles. The maximum Gasteiger partial charge on any atom is 0.144 e. The third-order valence-electron chi connectivity index (χ3n) is 3.58. The molecule has 0 bridgehead atoms. The van der Waals surface area contributed by atoms with Crippen LogP contribution in [-0.4, -0.2) is 7.85 Å². The Labute approximate surface area is 105 Å². The van der Waals surface area contributed by atoms with Crippen LogP contribution in [0, 0.1) is 0 Å². The summed E-state index contributed by atoms with van der Waals surface area (Å²) in [5.41, 5.74) is 3.16. The van der Waals surface area contributed by atoms with Gasteiger partial charge in [0.15, 0.2) is 0 Å². The quantitative estimate of drug-likeness (QED) is 0.423. The van der Waals surface area contributed by atoms with E-state index in [0.29, 0.717) is 0 Å². The number of benzene rings is 3. The van der Waals surface area contributed by atoms with Gasteiger partial charge in [-0.2, -0.15) is 0 Å². The monoisotopic (exact) mass is 230 g/mol. The van der Waals surface area contributed by atoms with Gasteiger partial charge in [-0.1, -0.05) is 48.5 Å². The van der Waals surface area contributed by atoms with Crippen LogP contribution in [-0.2, 0) is 0 Å². The minimum Gasteiger partial charge on any atom is -0.457 e. The van der Waals surface area contributed by atoms with Crippen LogP contribution in [0.15, 0.2) is 59.0 Å². The van der Waals surface area contributed by atoms with E-state index >= 15 is 0 Å². The Balaban J connectivity index is 2.37. The van der Waals surface area contributed by atoms with Gasteiger partial charge >= 0.3 is 0 Å². The molecular weight excluding hydrogens is 219 g/mol. The largest absolute Gasteiger partial charge is 0.457 e. The van der Waals surface area contributed by atoms with Crippen molar-refractivity contribution in [2.75, 3.05) is 0 Å². The fourth-order valence-corrected chi connectivity index (χ4v) is 2.71. The zero-order valence-corrected chi connectivity index (χ0v) is 10.1. The molecule has 0 saturated heterocycles. The van der Waals surface area contributed by atoms with Crippen molar-refractivity contribution in [1.82, 2.24) is 0 Å². The number of fused-ring (bicyclic) bond motifs is 5. The lowest BCUT2D eigenvalue weighted by Gasteiger charge is -1.98. The van der Waals surface area contributed by atoms with E-state index in [-0.39, 0.29) is 0 Å². The highest BCUT2D eigenvalue weighted by molar-refractivity contribution is 6.39. The fraction of sp³-hybridized carbons (Fsp3) is 0. The van der Waals surface area contributed by atoms with Crippen molar-refractivity contribution >= 4 is 46.0 Å². The lowest BCUT2D eigenvalue weighted by Crippen LogP contribution is -2.00. The molecule has 0 unspecified atom stereocenters. The van der Waals surface area contributed by atoms with E-state index in [4.69, 9.17) is 4.42 Å². The van der Waals surface area contributed by atoms with Crippen LogP contribution in [0.3, 0.4) is 0 Å². The molecule has 1 nitrogen and oxygen atoms in total. The van der Waals surface area contributed by atoms with Crippen LogP contribution >= 0.6 is 0 Å². The smallest absolute Gasteiger partial charge is 0.144 e. The average Bonchev–Trinajstić information content (AvgIpc) is 2.79. The molecule has 4 aromatic rings. The van der Waals surface area contributed by atoms with E-state index in [1.54, 1.807) is 0 Å². The van der Waals surface area contributed by atoms with Crippen molar-refractivity contribution in [2.45, 2.75) is 0 Å². The molecule has 18 heavy (non-hydrogen) atoms. The van der Waals surface area contributed by atoms with E-state index in [1.165, 1.54) is 27.0 Å². The zero-order chi connectivity index (χ0) is 12.1. The summed E-state index contributed by atoms with van der Waals surface area (Å²) in [7, 11) is 2.09. The van der Waals surface area contributed by atoms with Crippen molar-refractivity contribution < 1.29 is 4.42 Å². The van der Waals surface area contributed by atoms with Gasteiger partial charge in [-0.05, 0) is 22.3 Å². The van der Waals surface area contributed by atoms with Crippen LogP contribution in [0.5, 0.6) is 0 Å². The minimum atomic E-state index is 0.970. The van der Waals surface area contributed by atoms with E-state index in [0.717, 1.165) is 11.2 Å². The first-order chi connectivity index (χ1) is 8.84. The van der Waals surface area contributed by atoms with E-state index in [1.807, 2.05) is 0 Å². The molecule has 0 aliphatic carbocycles. The third-order valence-corrected chi connectivity index (χ3v) is 3.58. The summed E-state index contributed by atoms with van der Waals surface area (Å²) in [6.07, 6.45) is 0. The molecule has 0 radical (unpaired) electrons. The van der Waals surface area contributed by atoms with Crippen LogP contribution in [0.1, 0.15) is 0 Å². The Morgan fingerprint density at radius 1 is 0.778 bits per heavy atom. The highest BCUT2D eigenvalue weighted by Crippen LogP contribution is 2.33. The van der Waals surface area contributed by atoms with Crippen molar-refractivity contribution in [3.05, 3.63) is 54.6 Å². The minimum absolute atomic E-state index is 0.970. The van der Waals surface area contributed by atoms with Crippen molar-refractivity contribution in [1.29, 1.82) is 0 Å². The molecule has 84 valence electrons. The predicted octanol–water partition coefficient (Wildman–Crippen LogP) is 3.00. The summed E-state index contributed by atoms with van der Waals surface area (Å²) in [5, 5.41) is 4.96. The first-order valence-electron chi connectivity index (χ1n) is 6.14. The zero-order valence-electron chi connectivity index (χ0n) is 10.1. The summed E-state index contributed by atoms with van der Waals surface area (Å²) in [5.74, 6) is 0.